The smallest absolute Gasteiger partial charge is 0.0938 e. The van der Waals surface area contributed by atoms with Crippen molar-refractivity contribution >= 4 is 6.08 Å². The molecular weight excluding hydrogens is 246 g/mol. The fourth-order valence-electron chi connectivity index (χ4n) is 2.13. The molecule has 3 N–H and O–H groups in total. The third-order valence-electron chi connectivity index (χ3n) is 3.14. The van der Waals surface area contributed by atoms with Crippen molar-refractivity contribution in [3.05, 3.63) is 71.7 Å². The summed E-state index contributed by atoms with van der Waals surface area (Å²) in [4.78, 5) is 3.99. The molecule has 0 amide bonds. The molecule has 0 saturated heterocycles. The highest BCUT2D eigenvalue weighted by atomic mass is 15.0. The molecule has 0 aliphatic heterocycles. The largest absolute Gasteiger partial charge is 0.366 e. The lowest BCUT2D eigenvalue weighted by Crippen LogP contribution is -2.35. The van der Waals surface area contributed by atoms with Gasteiger partial charge in [0.05, 0.1) is 6.17 Å². The molecule has 3 heteroatoms. The van der Waals surface area contributed by atoms with E-state index in [0.29, 0.717) is 0 Å². The van der Waals surface area contributed by atoms with Gasteiger partial charge in [-0.15, -0.1) is 0 Å². The average molecular weight is 267 g/mol. The van der Waals surface area contributed by atoms with E-state index in [0.717, 1.165) is 29.7 Å². The fraction of sp³-hybridized carbons (Fsp3) is 0.235. The molecule has 1 aromatic heterocycles. The number of allylic oxidation sites excluding steroid dienone is 3. The topological polar surface area (TPSA) is 50.9 Å². The van der Waals surface area contributed by atoms with Crippen molar-refractivity contribution in [2.75, 3.05) is 0 Å². The van der Waals surface area contributed by atoms with Crippen LogP contribution < -0.4 is 11.1 Å². The van der Waals surface area contributed by atoms with Gasteiger partial charge in [0.2, 0.25) is 0 Å². The third kappa shape index (κ3) is 3.93. The van der Waals surface area contributed by atoms with Gasteiger partial charge < -0.3 is 11.1 Å². The summed E-state index contributed by atoms with van der Waals surface area (Å²) in [6.45, 7) is 6.03. The Balaban J connectivity index is 1.99. The minimum atomic E-state index is -0.227. The zero-order valence-electron chi connectivity index (χ0n) is 11.8. The van der Waals surface area contributed by atoms with Crippen LogP contribution in [0.2, 0.25) is 0 Å². The van der Waals surface area contributed by atoms with E-state index >= 15 is 0 Å². The minimum absolute atomic E-state index is 0.227. The number of pyridine rings is 1. The fourth-order valence-corrected chi connectivity index (χ4v) is 2.13. The summed E-state index contributed by atoms with van der Waals surface area (Å²) in [6, 6.07) is 3.89. The number of aromatic nitrogens is 1. The number of nitrogens with two attached hydrogens (primary N) is 1. The van der Waals surface area contributed by atoms with Crippen LogP contribution in [0.25, 0.3) is 6.08 Å². The van der Waals surface area contributed by atoms with E-state index in [1.165, 1.54) is 5.57 Å². The average Bonchev–Trinajstić information content (AvgIpc) is 2.46. The second-order valence-corrected chi connectivity index (χ2v) is 4.90. The molecule has 0 bridgehead atoms. The summed E-state index contributed by atoms with van der Waals surface area (Å²) in [5.41, 5.74) is 10.5. The first-order valence-electron chi connectivity index (χ1n) is 6.84. The SMILES string of the molecule is C=C(C)C1=CCCC=C1NC(N)/C=C/c1ccncc1. The summed E-state index contributed by atoms with van der Waals surface area (Å²) in [5.74, 6) is 0. The van der Waals surface area contributed by atoms with Gasteiger partial charge in [-0.1, -0.05) is 24.8 Å². The first-order chi connectivity index (χ1) is 9.66. The predicted octanol–water partition coefficient (Wildman–Crippen LogP) is 3.15. The van der Waals surface area contributed by atoms with Crippen molar-refractivity contribution in [3.8, 4) is 0 Å². The number of hydrogen-bond acceptors (Lipinski definition) is 3. The highest BCUT2D eigenvalue weighted by Crippen LogP contribution is 2.22. The standard InChI is InChI=1S/C17H21N3/c1-13(2)15-5-3-4-6-16(15)20-17(18)8-7-14-9-11-19-12-10-14/h5-12,17,20H,1,3-4,18H2,2H3/b8-7+. The first-order valence-corrected chi connectivity index (χ1v) is 6.84. The number of rotatable bonds is 5. The van der Waals surface area contributed by atoms with Crippen LogP contribution in [0.3, 0.4) is 0 Å². The number of nitrogens with zero attached hydrogens (tertiary/aromatic N) is 1. The number of nitrogens with one attached hydrogen (secondary N) is 1. The maximum Gasteiger partial charge on any atom is 0.0938 e. The molecule has 104 valence electrons. The molecule has 0 fully saturated rings. The Kier molecular flexibility index (Phi) is 4.91. The predicted molar refractivity (Wildman–Crippen MR) is 84.6 cm³/mol. The maximum absolute atomic E-state index is 6.10. The Bertz CT molecular complexity index is 553. The summed E-state index contributed by atoms with van der Waals surface area (Å²) < 4.78 is 0. The minimum Gasteiger partial charge on any atom is -0.366 e. The van der Waals surface area contributed by atoms with E-state index in [-0.39, 0.29) is 6.17 Å². The monoisotopic (exact) mass is 267 g/mol. The van der Waals surface area contributed by atoms with Gasteiger partial charge in [0.1, 0.15) is 0 Å². The molecule has 3 nitrogen and oxygen atoms in total. The lowest BCUT2D eigenvalue weighted by Gasteiger charge is -2.21. The molecule has 1 unspecified atom stereocenters. The van der Waals surface area contributed by atoms with Crippen LogP contribution in [-0.2, 0) is 0 Å². The lowest BCUT2D eigenvalue weighted by atomic mass is 9.98. The van der Waals surface area contributed by atoms with Gasteiger partial charge in [0, 0.05) is 18.1 Å². The van der Waals surface area contributed by atoms with Crippen LogP contribution in [-0.4, -0.2) is 11.1 Å². The van der Waals surface area contributed by atoms with E-state index in [1.54, 1.807) is 12.4 Å². The Morgan fingerprint density at radius 3 is 2.75 bits per heavy atom. The second-order valence-electron chi connectivity index (χ2n) is 4.90. The van der Waals surface area contributed by atoms with E-state index in [9.17, 15) is 0 Å². The molecule has 1 aliphatic rings. The van der Waals surface area contributed by atoms with E-state index in [4.69, 9.17) is 5.73 Å². The molecular formula is C17H21N3. The Labute approximate surface area is 120 Å². The maximum atomic E-state index is 6.10. The molecule has 0 spiro atoms. The van der Waals surface area contributed by atoms with E-state index in [2.05, 4.69) is 29.0 Å². The molecule has 0 radical (unpaired) electrons. The van der Waals surface area contributed by atoms with Crippen molar-refractivity contribution in [2.45, 2.75) is 25.9 Å². The van der Waals surface area contributed by atoms with Crippen LogP contribution in [0, 0.1) is 0 Å². The summed E-state index contributed by atoms with van der Waals surface area (Å²) in [5, 5.41) is 3.33. The summed E-state index contributed by atoms with van der Waals surface area (Å²) >= 11 is 0. The van der Waals surface area contributed by atoms with Gasteiger partial charge in [0.15, 0.2) is 0 Å². The lowest BCUT2D eigenvalue weighted by molar-refractivity contribution is 0.698. The summed E-state index contributed by atoms with van der Waals surface area (Å²) in [7, 11) is 0. The van der Waals surface area contributed by atoms with Gasteiger partial charge in [-0.25, -0.2) is 0 Å². The van der Waals surface area contributed by atoms with Crippen molar-refractivity contribution in [1.82, 2.24) is 10.3 Å². The first kappa shape index (κ1) is 14.3. The molecule has 0 aromatic carbocycles. The second kappa shape index (κ2) is 6.87. The van der Waals surface area contributed by atoms with Crippen LogP contribution >= 0.6 is 0 Å². The Hall–Kier alpha value is -2.13. The molecule has 1 aromatic rings. The van der Waals surface area contributed by atoms with Crippen molar-refractivity contribution in [1.29, 1.82) is 0 Å². The van der Waals surface area contributed by atoms with Crippen LogP contribution in [0.15, 0.2) is 66.2 Å². The van der Waals surface area contributed by atoms with Gasteiger partial charge in [-0.05, 0) is 54.7 Å². The van der Waals surface area contributed by atoms with Gasteiger partial charge in [0.25, 0.3) is 0 Å². The van der Waals surface area contributed by atoms with Crippen LogP contribution in [0.5, 0.6) is 0 Å². The number of hydrogen-bond donors (Lipinski definition) is 2. The van der Waals surface area contributed by atoms with E-state index in [1.807, 2.05) is 31.2 Å². The van der Waals surface area contributed by atoms with Crippen molar-refractivity contribution in [3.63, 3.8) is 0 Å². The normalized spacial score (nSPS) is 16.5. The van der Waals surface area contributed by atoms with Crippen LogP contribution in [0.1, 0.15) is 25.3 Å². The Morgan fingerprint density at radius 1 is 1.35 bits per heavy atom. The highest BCUT2D eigenvalue weighted by molar-refractivity contribution is 5.50. The molecule has 2 rings (SSSR count). The molecule has 1 heterocycles. The van der Waals surface area contributed by atoms with Gasteiger partial charge in [-0.3, -0.25) is 4.98 Å². The zero-order chi connectivity index (χ0) is 14.4. The third-order valence-corrected chi connectivity index (χ3v) is 3.14. The van der Waals surface area contributed by atoms with E-state index < -0.39 is 0 Å². The van der Waals surface area contributed by atoms with Gasteiger partial charge in [-0.2, -0.15) is 0 Å². The van der Waals surface area contributed by atoms with Crippen LogP contribution in [0.4, 0.5) is 0 Å². The molecule has 0 saturated carbocycles. The molecule has 1 atom stereocenters. The quantitative estimate of drug-likeness (QED) is 0.806. The van der Waals surface area contributed by atoms with Crippen molar-refractivity contribution in [2.24, 2.45) is 5.73 Å². The zero-order valence-corrected chi connectivity index (χ0v) is 11.8. The summed E-state index contributed by atoms with van der Waals surface area (Å²) in [6.07, 6.45) is 13.8. The van der Waals surface area contributed by atoms with Crippen molar-refractivity contribution < 1.29 is 0 Å². The Morgan fingerprint density at radius 2 is 2.05 bits per heavy atom. The molecule has 1 aliphatic carbocycles. The highest BCUT2D eigenvalue weighted by Gasteiger charge is 2.10. The van der Waals surface area contributed by atoms with Gasteiger partial charge >= 0.3 is 0 Å². The molecule has 20 heavy (non-hydrogen) atoms.